The van der Waals surface area contributed by atoms with Crippen LogP contribution in [0.4, 0.5) is 23.1 Å². The highest BCUT2D eigenvalue weighted by Gasteiger charge is 2.12. The molecule has 1 aromatic heterocycles. The van der Waals surface area contributed by atoms with Crippen LogP contribution in [-0.4, -0.2) is 28.8 Å². The van der Waals surface area contributed by atoms with Gasteiger partial charge in [0.05, 0.1) is 7.11 Å². The Kier molecular flexibility index (Phi) is 6.06. The van der Waals surface area contributed by atoms with E-state index < -0.39 is 0 Å². The average molecular weight is 400 g/mol. The third-order valence-electron chi connectivity index (χ3n) is 4.78. The molecule has 6 nitrogen and oxygen atoms in total. The fourth-order valence-corrected chi connectivity index (χ4v) is 3.27. The molecule has 0 aliphatic carbocycles. The number of anilines is 4. The van der Waals surface area contributed by atoms with Crippen molar-refractivity contribution in [1.29, 1.82) is 0 Å². The van der Waals surface area contributed by atoms with Gasteiger partial charge in [-0.2, -0.15) is 4.98 Å². The molecule has 0 bridgehead atoms. The van der Waals surface area contributed by atoms with Crippen LogP contribution in [-0.2, 0) is 6.42 Å². The summed E-state index contributed by atoms with van der Waals surface area (Å²) in [5.74, 6) is 1.87. The standard InChI is InChI=1S/C24H24N4O2/c1-30-21-11-5-10-20-22(21)27-24(28-23(20)25-18-8-3-2-4-9-18)26-19-14-12-17(13-15-19)7-6-16-29/h2-5,8-15,29H,6-7,16H2,1H3,(H2,25,26,27,28). The molecule has 4 rings (SSSR count). The molecule has 6 heteroatoms. The second-order valence-corrected chi connectivity index (χ2v) is 6.89. The Morgan fingerprint density at radius 2 is 1.60 bits per heavy atom. The first kappa shape index (κ1) is 19.7. The van der Waals surface area contributed by atoms with Crippen LogP contribution >= 0.6 is 0 Å². The van der Waals surface area contributed by atoms with Gasteiger partial charge in [-0.25, -0.2) is 4.98 Å². The lowest BCUT2D eigenvalue weighted by Crippen LogP contribution is -2.03. The molecule has 3 N–H and O–H groups in total. The second kappa shape index (κ2) is 9.24. The largest absolute Gasteiger partial charge is 0.494 e. The molecule has 0 saturated heterocycles. The number of para-hydroxylation sites is 2. The molecule has 0 radical (unpaired) electrons. The summed E-state index contributed by atoms with van der Waals surface area (Å²) in [4.78, 5) is 9.41. The van der Waals surface area contributed by atoms with Gasteiger partial charge in [-0.1, -0.05) is 36.4 Å². The van der Waals surface area contributed by atoms with Crippen molar-refractivity contribution in [2.75, 3.05) is 24.4 Å². The van der Waals surface area contributed by atoms with E-state index in [-0.39, 0.29) is 6.61 Å². The minimum Gasteiger partial charge on any atom is -0.494 e. The van der Waals surface area contributed by atoms with E-state index >= 15 is 0 Å². The summed E-state index contributed by atoms with van der Waals surface area (Å²) >= 11 is 0. The number of hydrogen-bond donors (Lipinski definition) is 3. The molecule has 0 unspecified atom stereocenters. The van der Waals surface area contributed by atoms with E-state index in [0.29, 0.717) is 17.5 Å². The number of hydrogen-bond acceptors (Lipinski definition) is 6. The van der Waals surface area contributed by atoms with Gasteiger partial charge >= 0.3 is 0 Å². The zero-order chi connectivity index (χ0) is 20.8. The lowest BCUT2D eigenvalue weighted by Gasteiger charge is -2.14. The number of nitrogens with zero attached hydrogens (tertiary/aromatic N) is 2. The normalized spacial score (nSPS) is 10.7. The second-order valence-electron chi connectivity index (χ2n) is 6.89. The van der Waals surface area contributed by atoms with Crippen molar-refractivity contribution in [2.24, 2.45) is 0 Å². The molecule has 3 aromatic carbocycles. The minimum absolute atomic E-state index is 0.198. The highest BCUT2D eigenvalue weighted by atomic mass is 16.5. The summed E-state index contributed by atoms with van der Waals surface area (Å²) in [7, 11) is 1.64. The van der Waals surface area contributed by atoms with E-state index in [0.717, 1.165) is 35.1 Å². The molecule has 0 aliphatic rings. The van der Waals surface area contributed by atoms with Gasteiger partial charge in [-0.05, 0) is 54.8 Å². The lowest BCUT2D eigenvalue weighted by molar-refractivity contribution is 0.288. The van der Waals surface area contributed by atoms with Gasteiger partial charge < -0.3 is 20.5 Å². The Hall–Kier alpha value is -3.64. The lowest BCUT2D eigenvalue weighted by atomic mass is 10.1. The highest BCUT2D eigenvalue weighted by molar-refractivity contribution is 5.95. The number of aliphatic hydroxyl groups excluding tert-OH is 1. The number of fused-ring (bicyclic) bond motifs is 1. The quantitative estimate of drug-likeness (QED) is 0.384. The molecule has 4 aromatic rings. The van der Waals surface area contributed by atoms with E-state index in [9.17, 15) is 0 Å². The van der Waals surface area contributed by atoms with E-state index in [1.54, 1.807) is 7.11 Å². The fraction of sp³-hybridized carbons (Fsp3) is 0.167. The van der Waals surface area contributed by atoms with Crippen molar-refractivity contribution in [3.8, 4) is 5.75 Å². The van der Waals surface area contributed by atoms with E-state index in [2.05, 4.69) is 10.6 Å². The molecule has 0 aliphatic heterocycles. The zero-order valence-electron chi connectivity index (χ0n) is 16.8. The predicted molar refractivity (Wildman–Crippen MR) is 121 cm³/mol. The molecular weight excluding hydrogens is 376 g/mol. The number of ether oxygens (including phenoxy) is 1. The van der Waals surface area contributed by atoms with Crippen LogP contribution in [0.5, 0.6) is 5.75 Å². The van der Waals surface area contributed by atoms with E-state index in [4.69, 9.17) is 19.8 Å². The van der Waals surface area contributed by atoms with Crippen molar-refractivity contribution < 1.29 is 9.84 Å². The molecule has 1 heterocycles. The van der Waals surface area contributed by atoms with Crippen LogP contribution in [0.3, 0.4) is 0 Å². The maximum absolute atomic E-state index is 8.99. The van der Waals surface area contributed by atoms with Crippen molar-refractivity contribution in [3.63, 3.8) is 0 Å². The molecule has 0 spiro atoms. The number of aliphatic hydroxyl groups is 1. The van der Waals surface area contributed by atoms with Crippen molar-refractivity contribution in [3.05, 3.63) is 78.4 Å². The smallest absolute Gasteiger partial charge is 0.229 e. The molecule has 0 atom stereocenters. The fourth-order valence-electron chi connectivity index (χ4n) is 3.27. The number of rotatable bonds is 8. The van der Waals surface area contributed by atoms with Crippen molar-refractivity contribution in [2.45, 2.75) is 12.8 Å². The first-order chi connectivity index (χ1) is 14.8. The Labute approximate surface area is 175 Å². The number of aryl methyl sites for hydroxylation is 1. The molecule has 152 valence electrons. The monoisotopic (exact) mass is 400 g/mol. The topological polar surface area (TPSA) is 79.3 Å². The summed E-state index contributed by atoms with van der Waals surface area (Å²) in [6.45, 7) is 0.198. The number of benzene rings is 3. The van der Waals surface area contributed by atoms with Crippen LogP contribution in [0.25, 0.3) is 10.9 Å². The minimum atomic E-state index is 0.198. The van der Waals surface area contributed by atoms with Gasteiger partial charge in [0, 0.05) is 23.4 Å². The average Bonchev–Trinajstić information content (AvgIpc) is 2.79. The van der Waals surface area contributed by atoms with E-state index in [1.807, 2.05) is 72.8 Å². The third-order valence-corrected chi connectivity index (χ3v) is 4.78. The summed E-state index contributed by atoms with van der Waals surface area (Å²) in [5.41, 5.74) is 3.75. The van der Waals surface area contributed by atoms with Crippen LogP contribution in [0.15, 0.2) is 72.8 Å². The Bertz CT molecular complexity index is 1120. The Morgan fingerprint density at radius 1 is 0.833 bits per heavy atom. The third kappa shape index (κ3) is 4.50. The zero-order valence-corrected chi connectivity index (χ0v) is 16.8. The number of aromatic nitrogens is 2. The van der Waals surface area contributed by atoms with Crippen LogP contribution in [0.1, 0.15) is 12.0 Å². The van der Waals surface area contributed by atoms with Crippen LogP contribution < -0.4 is 15.4 Å². The van der Waals surface area contributed by atoms with Gasteiger partial charge in [0.2, 0.25) is 5.95 Å². The first-order valence-corrected chi connectivity index (χ1v) is 9.90. The van der Waals surface area contributed by atoms with E-state index in [1.165, 1.54) is 5.56 Å². The van der Waals surface area contributed by atoms with Gasteiger partial charge in [-0.3, -0.25) is 0 Å². The molecule has 0 fully saturated rings. The summed E-state index contributed by atoms with van der Waals surface area (Å²) in [5, 5.41) is 16.5. The summed E-state index contributed by atoms with van der Waals surface area (Å²) < 4.78 is 5.52. The maximum atomic E-state index is 8.99. The Balaban J connectivity index is 1.69. The highest BCUT2D eigenvalue weighted by Crippen LogP contribution is 2.31. The van der Waals surface area contributed by atoms with Gasteiger partial charge in [0.25, 0.3) is 0 Å². The summed E-state index contributed by atoms with van der Waals surface area (Å²) in [6.07, 6.45) is 1.61. The summed E-state index contributed by atoms with van der Waals surface area (Å²) in [6, 6.07) is 23.8. The van der Waals surface area contributed by atoms with Gasteiger partial charge in [0.1, 0.15) is 17.1 Å². The van der Waals surface area contributed by atoms with Gasteiger partial charge in [-0.15, -0.1) is 0 Å². The predicted octanol–water partition coefficient (Wildman–Crippen LogP) is 5.05. The van der Waals surface area contributed by atoms with Crippen molar-refractivity contribution in [1.82, 2.24) is 9.97 Å². The molecule has 30 heavy (non-hydrogen) atoms. The molecular formula is C24H24N4O2. The molecule has 0 saturated carbocycles. The maximum Gasteiger partial charge on any atom is 0.229 e. The first-order valence-electron chi connectivity index (χ1n) is 9.90. The van der Waals surface area contributed by atoms with Crippen LogP contribution in [0, 0.1) is 0 Å². The van der Waals surface area contributed by atoms with Crippen LogP contribution in [0.2, 0.25) is 0 Å². The number of nitrogens with one attached hydrogen (secondary N) is 2. The van der Waals surface area contributed by atoms with Crippen molar-refractivity contribution >= 4 is 34.0 Å². The molecule has 0 amide bonds. The number of methoxy groups -OCH3 is 1. The van der Waals surface area contributed by atoms with Gasteiger partial charge in [0.15, 0.2) is 0 Å². The Morgan fingerprint density at radius 3 is 2.33 bits per heavy atom. The SMILES string of the molecule is COc1cccc2c(Nc3ccccc3)nc(Nc3ccc(CCCO)cc3)nc12.